The molecule has 1 saturated heterocycles. The van der Waals surface area contributed by atoms with Crippen molar-refractivity contribution in [2.75, 3.05) is 13.1 Å². The van der Waals surface area contributed by atoms with E-state index in [0.29, 0.717) is 14.6 Å². The van der Waals surface area contributed by atoms with Gasteiger partial charge in [0.15, 0.2) is 0 Å². The van der Waals surface area contributed by atoms with Crippen LogP contribution in [0.25, 0.3) is 10.1 Å². The third kappa shape index (κ3) is 3.76. The van der Waals surface area contributed by atoms with Crippen LogP contribution in [0.3, 0.4) is 0 Å². The molecule has 3 heterocycles. The van der Waals surface area contributed by atoms with Crippen molar-refractivity contribution in [2.45, 2.75) is 31.8 Å². The van der Waals surface area contributed by atoms with E-state index < -0.39 is 0 Å². The molecular formula is C20H20ClFN2OS2. The molecule has 0 spiro atoms. The highest BCUT2D eigenvalue weighted by Crippen LogP contribution is 2.36. The van der Waals surface area contributed by atoms with Crippen molar-refractivity contribution in [3.05, 3.63) is 56.3 Å². The van der Waals surface area contributed by atoms with E-state index in [2.05, 4.69) is 27.7 Å². The second kappa shape index (κ2) is 7.87. The minimum Gasteiger partial charge on any atom is -0.347 e. The fourth-order valence-corrected chi connectivity index (χ4v) is 6.17. The van der Waals surface area contributed by atoms with E-state index in [9.17, 15) is 9.18 Å². The largest absolute Gasteiger partial charge is 0.347 e. The number of nitrogens with one attached hydrogen (secondary N) is 1. The first-order valence-corrected chi connectivity index (χ1v) is 11.1. The molecule has 3 nitrogen and oxygen atoms in total. The van der Waals surface area contributed by atoms with E-state index in [0.717, 1.165) is 18.5 Å². The van der Waals surface area contributed by atoms with Gasteiger partial charge in [0.1, 0.15) is 10.7 Å². The van der Waals surface area contributed by atoms with Gasteiger partial charge in [-0.2, -0.15) is 0 Å². The van der Waals surface area contributed by atoms with Crippen molar-refractivity contribution in [3.8, 4) is 0 Å². The Morgan fingerprint density at radius 1 is 1.30 bits per heavy atom. The fourth-order valence-electron chi connectivity index (χ4n) is 3.76. The van der Waals surface area contributed by atoms with Gasteiger partial charge in [-0.1, -0.05) is 17.7 Å². The topological polar surface area (TPSA) is 32.3 Å². The van der Waals surface area contributed by atoms with E-state index in [-0.39, 0.29) is 23.8 Å². The molecule has 0 radical (unpaired) electrons. The van der Waals surface area contributed by atoms with Gasteiger partial charge in [0, 0.05) is 21.0 Å². The molecule has 1 aliphatic heterocycles. The summed E-state index contributed by atoms with van der Waals surface area (Å²) >= 11 is 9.37. The van der Waals surface area contributed by atoms with E-state index in [1.165, 1.54) is 41.2 Å². The SMILES string of the molecule is C[C@@H](NC(=O)c1sc2cc(F)ccc2c1Cl)[C@H](c1cccs1)N1CCCC1. The number of nitrogens with zero attached hydrogens (tertiary/aromatic N) is 1. The van der Waals surface area contributed by atoms with Crippen LogP contribution in [0.5, 0.6) is 0 Å². The maximum absolute atomic E-state index is 13.5. The first-order valence-electron chi connectivity index (χ1n) is 9.00. The minimum atomic E-state index is -0.326. The number of carbonyl (C=O) groups excluding carboxylic acids is 1. The zero-order chi connectivity index (χ0) is 19.0. The highest BCUT2D eigenvalue weighted by molar-refractivity contribution is 7.21. The average molecular weight is 423 g/mol. The summed E-state index contributed by atoms with van der Waals surface area (Å²) in [6.07, 6.45) is 2.38. The first-order chi connectivity index (χ1) is 13.0. The number of thiophene rings is 2. The molecule has 1 aromatic carbocycles. The second-order valence-corrected chi connectivity index (χ2v) is 9.26. The third-order valence-electron chi connectivity index (χ3n) is 5.00. The van der Waals surface area contributed by atoms with Gasteiger partial charge in [-0.25, -0.2) is 4.39 Å². The summed E-state index contributed by atoms with van der Waals surface area (Å²) < 4.78 is 14.2. The molecular weight excluding hydrogens is 403 g/mol. The summed E-state index contributed by atoms with van der Waals surface area (Å²) in [6, 6.07) is 8.69. The minimum absolute atomic E-state index is 0.0627. The zero-order valence-corrected chi connectivity index (χ0v) is 17.3. The van der Waals surface area contributed by atoms with Crippen molar-refractivity contribution in [2.24, 2.45) is 0 Å². The van der Waals surface area contributed by atoms with Gasteiger partial charge < -0.3 is 5.32 Å². The molecule has 142 valence electrons. The van der Waals surface area contributed by atoms with Crippen molar-refractivity contribution in [1.29, 1.82) is 0 Å². The van der Waals surface area contributed by atoms with Gasteiger partial charge in [0.05, 0.1) is 11.1 Å². The van der Waals surface area contributed by atoms with Gasteiger partial charge in [-0.15, -0.1) is 22.7 Å². The summed E-state index contributed by atoms with van der Waals surface area (Å²) in [6.45, 7) is 4.14. The number of fused-ring (bicyclic) bond motifs is 1. The van der Waals surface area contributed by atoms with E-state index in [4.69, 9.17) is 11.6 Å². The molecule has 0 aliphatic carbocycles. The van der Waals surface area contributed by atoms with Gasteiger partial charge in [-0.05, 0) is 62.5 Å². The first kappa shape index (κ1) is 18.9. The molecule has 4 rings (SSSR count). The molecule has 1 aliphatic rings. The highest BCUT2D eigenvalue weighted by atomic mass is 35.5. The number of amides is 1. The zero-order valence-electron chi connectivity index (χ0n) is 14.9. The third-order valence-corrected chi connectivity index (χ3v) is 7.60. The van der Waals surface area contributed by atoms with Crippen molar-refractivity contribution >= 4 is 50.3 Å². The van der Waals surface area contributed by atoms with Crippen LogP contribution in [0.15, 0.2) is 35.7 Å². The Bertz CT molecular complexity index is 950. The van der Waals surface area contributed by atoms with E-state index in [1.807, 2.05) is 6.92 Å². The van der Waals surface area contributed by atoms with Gasteiger partial charge in [0.25, 0.3) is 5.91 Å². The average Bonchev–Trinajstić information content (AvgIpc) is 3.37. The number of likely N-dealkylation sites (tertiary alicyclic amines) is 1. The van der Waals surface area contributed by atoms with Crippen LogP contribution in [0, 0.1) is 5.82 Å². The van der Waals surface area contributed by atoms with Crippen LogP contribution in [0.4, 0.5) is 4.39 Å². The molecule has 2 atom stereocenters. The monoisotopic (exact) mass is 422 g/mol. The van der Waals surface area contributed by atoms with Crippen molar-refractivity contribution < 1.29 is 9.18 Å². The molecule has 0 unspecified atom stereocenters. The van der Waals surface area contributed by atoms with Crippen LogP contribution in [0.2, 0.25) is 5.02 Å². The summed E-state index contributed by atoms with van der Waals surface area (Å²) in [5.41, 5.74) is 0. The molecule has 27 heavy (non-hydrogen) atoms. The number of benzene rings is 1. The van der Waals surface area contributed by atoms with Gasteiger partial charge in [-0.3, -0.25) is 9.69 Å². The number of hydrogen-bond donors (Lipinski definition) is 1. The summed E-state index contributed by atoms with van der Waals surface area (Å²) in [4.78, 5) is 17.1. The molecule has 7 heteroatoms. The van der Waals surface area contributed by atoms with Crippen molar-refractivity contribution in [1.82, 2.24) is 10.2 Å². The normalized spacial score (nSPS) is 17.3. The Kier molecular flexibility index (Phi) is 5.50. The Morgan fingerprint density at radius 2 is 2.07 bits per heavy atom. The maximum atomic E-state index is 13.5. The van der Waals surface area contributed by atoms with Crippen molar-refractivity contribution in [3.63, 3.8) is 0 Å². The molecule has 0 bridgehead atoms. The Morgan fingerprint density at radius 3 is 2.78 bits per heavy atom. The lowest BCUT2D eigenvalue weighted by Crippen LogP contribution is -2.43. The summed E-state index contributed by atoms with van der Waals surface area (Å²) in [5, 5.41) is 6.32. The number of halogens is 2. The van der Waals surface area contributed by atoms with Crippen LogP contribution in [-0.4, -0.2) is 29.9 Å². The van der Waals surface area contributed by atoms with Crippen LogP contribution in [0.1, 0.15) is 40.4 Å². The Hall–Kier alpha value is -1.47. The van der Waals surface area contributed by atoms with Crippen LogP contribution >= 0.6 is 34.3 Å². The molecule has 2 aromatic heterocycles. The molecule has 3 aromatic rings. The predicted octanol–water partition coefficient (Wildman–Crippen LogP) is 5.71. The lowest BCUT2D eigenvalue weighted by Gasteiger charge is -2.32. The Balaban J connectivity index is 1.58. The summed E-state index contributed by atoms with van der Waals surface area (Å²) in [5.74, 6) is -0.526. The molecule has 1 amide bonds. The Labute approximate surface area is 170 Å². The fraction of sp³-hybridized carbons (Fsp3) is 0.350. The number of carbonyl (C=O) groups is 1. The predicted molar refractivity (Wildman–Crippen MR) is 112 cm³/mol. The molecule has 0 saturated carbocycles. The quantitative estimate of drug-likeness (QED) is 0.571. The maximum Gasteiger partial charge on any atom is 0.263 e. The van der Waals surface area contributed by atoms with Crippen LogP contribution in [-0.2, 0) is 0 Å². The summed E-state index contributed by atoms with van der Waals surface area (Å²) in [7, 11) is 0. The second-order valence-electron chi connectivity index (χ2n) is 6.85. The van der Waals surface area contributed by atoms with E-state index in [1.54, 1.807) is 17.4 Å². The van der Waals surface area contributed by atoms with E-state index >= 15 is 0 Å². The smallest absolute Gasteiger partial charge is 0.263 e. The number of hydrogen-bond acceptors (Lipinski definition) is 4. The lowest BCUT2D eigenvalue weighted by atomic mass is 10.1. The van der Waals surface area contributed by atoms with Gasteiger partial charge >= 0.3 is 0 Å². The standard InChI is InChI=1S/C20H20ClFN2OS2/c1-12(18(15-5-4-10-26-15)24-8-2-3-9-24)23-20(25)19-17(21)14-7-6-13(22)11-16(14)27-19/h4-7,10-12,18H,2-3,8-9H2,1H3,(H,23,25)/t12-,18-/m1/s1. The number of rotatable bonds is 5. The highest BCUT2D eigenvalue weighted by Gasteiger charge is 2.31. The van der Waals surface area contributed by atoms with Gasteiger partial charge in [0.2, 0.25) is 0 Å². The molecule has 1 N–H and O–H groups in total. The van der Waals surface area contributed by atoms with Crippen LogP contribution < -0.4 is 5.32 Å². The molecule has 1 fully saturated rings. The lowest BCUT2D eigenvalue weighted by molar-refractivity contribution is 0.0912.